The summed E-state index contributed by atoms with van der Waals surface area (Å²) in [6.07, 6.45) is 2.62. The highest BCUT2D eigenvalue weighted by Crippen LogP contribution is 2.15. The zero-order chi connectivity index (χ0) is 12.8. The van der Waals surface area contributed by atoms with Gasteiger partial charge in [0.2, 0.25) is 0 Å². The lowest BCUT2D eigenvalue weighted by Gasteiger charge is -2.13. The molecule has 0 aromatic carbocycles. The molecular formula is C14H23NO3. The quantitative estimate of drug-likeness (QED) is 0.758. The number of ether oxygens (including phenoxy) is 2. The Morgan fingerprint density at radius 2 is 2.39 bits per heavy atom. The predicted octanol–water partition coefficient (Wildman–Crippen LogP) is 2.43. The van der Waals surface area contributed by atoms with E-state index in [1.807, 2.05) is 19.1 Å². The van der Waals surface area contributed by atoms with Crippen molar-refractivity contribution in [3.63, 3.8) is 0 Å². The van der Waals surface area contributed by atoms with E-state index in [-0.39, 0.29) is 6.04 Å². The first-order chi connectivity index (χ1) is 8.75. The molecular weight excluding hydrogens is 230 g/mol. The van der Waals surface area contributed by atoms with Crippen molar-refractivity contribution in [2.24, 2.45) is 0 Å². The molecule has 0 bridgehead atoms. The van der Waals surface area contributed by atoms with E-state index >= 15 is 0 Å². The third-order valence-electron chi connectivity index (χ3n) is 3.21. The van der Waals surface area contributed by atoms with Gasteiger partial charge in [0.25, 0.3) is 0 Å². The summed E-state index contributed by atoms with van der Waals surface area (Å²) in [5, 5.41) is 3.38. The summed E-state index contributed by atoms with van der Waals surface area (Å²) in [6, 6.07) is 4.23. The van der Waals surface area contributed by atoms with Crippen molar-refractivity contribution in [3.8, 4) is 0 Å². The first-order valence-corrected chi connectivity index (χ1v) is 6.75. The first-order valence-electron chi connectivity index (χ1n) is 6.75. The van der Waals surface area contributed by atoms with Crippen molar-refractivity contribution in [3.05, 3.63) is 23.7 Å². The van der Waals surface area contributed by atoms with Gasteiger partial charge in [-0.15, -0.1) is 0 Å². The zero-order valence-electron chi connectivity index (χ0n) is 11.3. The Morgan fingerprint density at radius 3 is 3.06 bits per heavy atom. The number of hydrogen-bond donors (Lipinski definition) is 1. The van der Waals surface area contributed by atoms with Gasteiger partial charge >= 0.3 is 0 Å². The van der Waals surface area contributed by atoms with Crippen LogP contribution in [-0.2, 0) is 9.47 Å². The molecule has 18 heavy (non-hydrogen) atoms. The van der Waals surface area contributed by atoms with Gasteiger partial charge in [0.1, 0.15) is 11.5 Å². The largest absolute Gasteiger partial charge is 0.465 e. The third kappa shape index (κ3) is 4.12. The smallest absolute Gasteiger partial charge is 0.120 e. The summed E-state index contributed by atoms with van der Waals surface area (Å²) in [7, 11) is 0. The van der Waals surface area contributed by atoms with Gasteiger partial charge in [-0.05, 0) is 38.8 Å². The minimum Gasteiger partial charge on any atom is -0.465 e. The van der Waals surface area contributed by atoms with Crippen LogP contribution in [0.5, 0.6) is 0 Å². The molecule has 4 nitrogen and oxygen atoms in total. The number of aryl methyl sites for hydroxylation is 1. The number of hydrogen-bond acceptors (Lipinski definition) is 4. The molecule has 4 heteroatoms. The Hall–Kier alpha value is -0.840. The van der Waals surface area contributed by atoms with Crippen LogP contribution in [0.3, 0.4) is 0 Å². The molecule has 0 spiro atoms. The Labute approximate surface area is 109 Å². The van der Waals surface area contributed by atoms with Crippen molar-refractivity contribution < 1.29 is 13.9 Å². The van der Waals surface area contributed by atoms with Gasteiger partial charge in [0, 0.05) is 13.2 Å². The maximum Gasteiger partial charge on any atom is 0.120 e. The summed E-state index contributed by atoms with van der Waals surface area (Å²) in [6.45, 7) is 7.20. The molecule has 1 saturated heterocycles. The number of nitrogens with one attached hydrogen (secondary N) is 1. The summed E-state index contributed by atoms with van der Waals surface area (Å²) in [5.41, 5.74) is 0. The van der Waals surface area contributed by atoms with Crippen LogP contribution in [0, 0.1) is 6.92 Å². The van der Waals surface area contributed by atoms with Gasteiger partial charge < -0.3 is 19.2 Å². The van der Waals surface area contributed by atoms with Crippen molar-refractivity contribution in [2.75, 3.05) is 26.4 Å². The molecule has 1 aromatic heterocycles. The van der Waals surface area contributed by atoms with Crippen LogP contribution < -0.4 is 5.32 Å². The molecule has 0 radical (unpaired) electrons. The van der Waals surface area contributed by atoms with Crippen LogP contribution in [0.15, 0.2) is 16.5 Å². The Kier molecular flexibility index (Phi) is 5.23. The average Bonchev–Trinajstić information content (AvgIpc) is 2.99. The van der Waals surface area contributed by atoms with Crippen LogP contribution in [0.1, 0.15) is 37.3 Å². The van der Waals surface area contributed by atoms with E-state index < -0.39 is 0 Å². The summed E-state index contributed by atoms with van der Waals surface area (Å²) < 4.78 is 16.6. The highest BCUT2D eigenvalue weighted by molar-refractivity contribution is 5.08. The van der Waals surface area contributed by atoms with Crippen molar-refractivity contribution in [2.45, 2.75) is 38.8 Å². The molecule has 0 saturated carbocycles. The number of furan rings is 1. The monoisotopic (exact) mass is 253 g/mol. The molecule has 0 aliphatic carbocycles. The average molecular weight is 253 g/mol. The lowest BCUT2D eigenvalue weighted by Crippen LogP contribution is -2.24. The molecule has 1 aliphatic rings. The molecule has 1 aromatic rings. The highest BCUT2D eigenvalue weighted by atomic mass is 16.5. The first kappa shape index (κ1) is 13.6. The summed E-state index contributed by atoms with van der Waals surface area (Å²) in [5.74, 6) is 1.93. The highest BCUT2D eigenvalue weighted by Gasteiger charge is 2.15. The van der Waals surface area contributed by atoms with Crippen LogP contribution in [0.25, 0.3) is 0 Å². The Balaban J connectivity index is 1.54. The lowest BCUT2D eigenvalue weighted by molar-refractivity contribution is 0.0178. The van der Waals surface area contributed by atoms with Gasteiger partial charge in [-0.2, -0.15) is 0 Å². The summed E-state index contributed by atoms with van der Waals surface area (Å²) >= 11 is 0. The zero-order valence-corrected chi connectivity index (χ0v) is 11.3. The Bertz CT molecular complexity index is 345. The SMILES string of the molecule is Cc1ccc([C@@H](C)NCCOC[C@H]2CCCO2)o1. The Morgan fingerprint density at radius 1 is 1.50 bits per heavy atom. The summed E-state index contributed by atoms with van der Waals surface area (Å²) in [4.78, 5) is 0. The van der Waals surface area contributed by atoms with Crippen molar-refractivity contribution >= 4 is 0 Å². The maximum absolute atomic E-state index is 5.59. The second-order valence-corrected chi connectivity index (χ2v) is 4.83. The minimum absolute atomic E-state index is 0.227. The molecule has 0 unspecified atom stereocenters. The van der Waals surface area contributed by atoms with Crippen molar-refractivity contribution in [1.82, 2.24) is 5.32 Å². The molecule has 102 valence electrons. The lowest BCUT2D eigenvalue weighted by atomic mass is 10.2. The molecule has 1 N–H and O–H groups in total. The van der Waals surface area contributed by atoms with Crippen LogP contribution in [-0.4, -0.2) is 32.5 Å². The molecule has 2 atom stereocenters. The second-order valence-electron chi connectivity index (χ2n) is 4.83. The van der Waals surface area contributed by atoms with Gasteiger partial charge in [-0.3, -0.25) is 0 Å². The third-order valence-corrected chi connectivity index (χ3v) is 3.21. The fraction of sp³-hybridized carbons (Fsp3) is 0.714. The molecule has 2 heterocycles. The van der Waals surface area contributed by atoms with E-state index in [2.05, 4.69) is 12.2 Å². The molecule has 0 amide bonds. The van der Waals surface area contributed by atoms with E-state index in [4.69, 9.17) is 13.9 Å². The minimum atomic E-state index is 0.227. The van der Waals surface area contributed by atoms with Gasteiger partial charge in [0.15, 0.2) is 0 Å². The molecule has 1 aliphatic heterocycles. The van der Waals surface area contributed by atoms with E-state index in [1.165, 1.54) is 6.42 Å². The van der Waals surface area contributed by atoms with Gasteiger partial charge in [0.05, 0.1) is 25.4 Å². The van der Waals surface area contributed by atoms with Gasteiger partial charge in [-0.25, -0.2) is 0 Å². The van der Waals surface area contributed by atoms with E-state index in [9.17, 15) is 0 Å². The van der Waals surface area contributed by atoms with Crippen molar-refractivity contribution in [1.29, 1.82) is 0 Å². The predicted molar refractivity (Wildman–Crippen MR) is 69.7 cm³/mol. The van der Waals surface area contributed by atoms with E-state index in [0.717, 1.165) is 37.7 Å². The van der Waals surface area contributed by atoms with Gasteiger partial charge in [-0.1, -0.05) is 0 Å². The molecule has 2 rings (SSSR count). The second kappa shape index (κ2) is 6.92. The van der Waals surface area contributed by atoms with Crippen LogP contribution >= 0.6 is 0 Å². The van der Waals surface area contributed by atoms with E-state index in [1.54, 1.807) is 0 Å². The van der Waals surface area contributed by atoms with Crippen LogP contribution in [0.4, 0.5) is 0 Å². The normalized spacial score (nSPS) is 21.3. The topological polar surface area (TPSA) is 43.6 Å². The molecule has 1 fully saturated rings. The fourth-order valence-electron chi connectivity index (χ4n) is 2.12. The van der Waals surface area contributed by atoms with E-state index in [0.29, 0.717) is 12.7 Å². The maximum atomic E-state index is 5.59. The van der Waals surface area contributed by atoms with Crippen LogP contribution in [0.2, 0.25) is 0 Å². The number of rotatable bonds is 7. The fourth-order valence-corrected chi connectivity index (χ4v) is 2.12. The standard InChI is InChI=1S/C14H23NO3/c1-11-5-6-14(18-11)12(2)15-7-9-16-10-13-4-3-8-17-13/h5-6,12-13,15H,3-4,7-10H2,1-2H3/t12-,13-/m1/s1.